The predicted molar refractivity (Wildman–Crippen MR) is 97.6 cm³/mol. The zero-order valence-corrected chi connectivity index (χ0v) is 13.5. The number of hydrogen-bond acceptors (Lipinski definition) is 1. The summed E-state index contributed by atoms with van der Waals surface area (Å²) in [6, 6.07) is 27.3. The van der Waals surface area contributed by atoms with Gasteiger partial charge in [-0.2, -0.15) is 0 Å². The van der Waals surface area contributed by atoms with Crippen LogP contribution >= 0.6 is 0 Å². The van der Waals surface area contributed by atoms with Crippen molar-refractivity contribution < 1.29 is 4.74 Å². The third kappa shape index (κ3) is 3.70. The first-order valence-corrected chi connectivity index (χ1v) is 7.74. The average molecular weight is 300 g/mol. The first-order chi connectivity index (χ1) is 11.3. The lowest BCUT2D eigenvalue weighted by Crippen LogP contribution is -1.89. The van der Waals surface area contributed by atoms with Crippen LogP contribution < -0.4 is 4.74 Å². The van der Waals surface area contributed by atoms with Crippen LogP contribution in [0.4, 0.5) is 0 Å². The van der Waals surface area contributed by atoms with Gasteiger partial charge >= 0.3 is 0 Å². The summed E-state index contributed by atoms with van der Waals surface area (Å²) in [7, 11) is 1.69. The molecule has 0 fully saturated rings. The highest BCUT2D eigenvalue weighted by molar-refractivity contribution is 5.91. The molecule has 0 bridgehead atoms. The Labute approximate surface area is 137 Å². The highest BCUT2D eigenvalue weighted by Crippen LogP contribution is 2.27. The SMILES string of the molecule is COc1ccc(/C=C(\c2ccccc2)c2ccc(C)cc2)cc1. The molecule has 0 aliphatic rings. The van der Waals surface area contributed by atoms with Gasteiger partial charge < -0.3 is 4.74 Å². The zero-order chi connectivity index (χ0) is 16.1. The Kier molecular flexibility index (Phi) is 4.58. The van der Waals surface area contributed by atoms with Gasteiger partial charge in [0.1, 0.15) is 5.75 Å². The Morgan fingerprint density at radius 3 is 1.96 bits per heavy atom. The van der Waals surface area contributed by atoms with E-state index in [1.807, 2.05) is 18.2 Å². The van der Waals surface area contributed by atoms with Gasteiger partial charge in [0.2, 0.25) is 0 Å². The van der Waals surface area contributed by atoms with Crippen LogP contribution in [0.3, 0.4) is 0 Å². The molecule has 0 heterocycles. The fourth-order valence-corrected chi connectivity index (χ4v) is 2.55. The number of benzene rings is 3. The van der Waals surface area contributed by atoms with E-state index < -0.39 is 0 Å². The smallest absolute Gasteiger partial charge is 0.118 e. The third-order valence-electron chi connectivity index (χ3n) is 3.87. The molecular formula is C22H20O. The Balaban J connectivity index is 2.07. The van der Waals surface area contributed by atoms with Crippen molar-refractivity contribution in [2.75, 3.05) is 7.11 Å². The van der Waals surface area contributed by atoms with Crippen molar-refractivity contribution in [1.82, 2.24) is 0 Å². The van der Waals surface area contributed by atoms with Gasteiger partial charge in [-0.3, -0.25) is 0 Å². The van der Waals surface area contributed by atoms with Gasteiger partial charge in [-0.15, -0.1) is 0 Å². The first-order valence-electron chi connectivity index (χ1n) is 7.74. The molecule has 1 heteroatoms. The molecule has 1 nitrogen and oxygen atoms in total. The van der Waals surface area contributed by atoms with Crippen LogP contribution in [0.2, 0.25) is 0 Å². The minimum atomic E-state index is 0.874. The minimum absolute atomic E-state index is 0.874. The summed E-state index contributed by atoms with van der Waals surface area (Å²) in [6.07, 6.45) is 2.22. The van der Waals surface area contributed by atoms with E-state index in [1.165, 1.54) is 22.3 Å². The number of hydrogen-bond donors (Lipinski definition) is 0. The van der Waals surface area contributed by atoms with Gasteiger partial charge in [-0.1, -0.05) is 72.3 Å². The summed E-state index contributed by atoms with van der Waals surface area (Å²) < 4.78 is 5.24. The lowest BCUT2D eigenvalue weighted by Gasteiger charge is -2.10. The molecule has 3 aromatic carbocycles. The molecule has 0 aromatic heterocycles. The normalized spacial score (nSPS) is 11.3. The predicted octanol–water partition coefficient (Wildman–Crippen LogP) is 5.59. The second-order valence-electron chi connectivity index (χ2n) is 5.56. The molecule has 0 N–H and O–H groups in total. The lowest BCUT2D eigenvalue weighted by molar-refractivity contribution is 0.415. The highest BCUT2D eigenvalue weighted by atomic mass is 16.5. The van der Waals surface area contributed by atoms with Gasteiger partial charge in [0, 0.05) is 0 Å². The summed E-state index contributed by atoms with van der Waals surface area (Å²) in [6.45, 7) is 2.11. The minimum Gasteiger partial charge on any atom is -0.497 e. The molecule has 0 atom stereocenters. The summed E-state index contributed by atoms with van der Waals surface area (Å²) in [4.78, 5) is 0. The van der Waals surface area contributed by atoms with E-state index in [0.29, 0.717) is 0 Å². The van der Waals surface area contributed by atoms with E-state index in [9.17, 15) is 0 Å². The van der Waals surface area contributed by atoms with Crippen LogP contribution in [-0.4, -0.2) is 7.11 Å². The number of ether oxygens (including phenoxy) is 1. The summed E-state index contributed by atoms with van der Waals surface area (Å²) in [5.74, 6) is 0.874. The molecule has 0 saturated heterocycles. The maximum Gasteiger partial charge on any atom is 0.118 e. The lowest BCUT2D eigenvalue weighted by atomic mass is 9.95. The van der Waals surface area contributed by atoms with Crippen molar-refractivity contribution in [3.63, 3.8) is 0 Å². The molecule has 3 rings (SSSR count). The van der Waals surface area contributed by atoms with Gasteiger partial charge in [-0.25, -0.2) is 0 Å². The van der Waals surface area contributed by atoms with E-state index in [0.717, 1.165) is 11.3 Å². The molecule has 0 amide bonds. The van der Waals surface area contributed by atoms with Gasteiger partial charge in [0.05, 0.1) is 7.11 Å². The van der Waals surface area contributed by atoms with E-state index in [2.05, 4.69) is 73.7 Å². The van der Waals surface area contributed by atoms with Crippen molar-refractivity contribution >= 4 is 11.6 Å². The van der Waals surface area contributed by atoms with E-state index in [4.69, 9.17) is 4.74 Å². The molecular weight excluding hydrogens is 280 g/mol. The van der Waals surface area contributed by atoms with Crippen LogP contribution in [0.15, 0.2) is 78.9 Å². The van der Waals surface area contributed by atoms with Crippen molar-refractivity contribution in [2.45, 2.75) is 6.92 Å². The maximum atomic E-state index is 5.24. The van der Waals surface area contributed by atoms with Gasteiger partial charge in [-0.05, 0) is 47.4 Å². The standard InChI is InChI=1S/C22H20O/c1-17-8-12-20(13-9-17)22(19-6-4-3-5-7-19)16-18-10-14-21(23-2)15-11-18/h3-16H,1-2H3/b22-16+. The Hall–Kier alpha value is -2.80. The van der Waals surface area contributed by atoms with E-state index in [-0.39, 0.29) is 0 Å². The summed E-state index contributed by atoms with van der Waals surface area (Å²) >= 11 is 0. The fraction of sp³-hybridized carbons (Fsp3) is 0.0909. The number of methoxy groups -OCH3 is 1. The average Bonchev–Trinajstić information content (AvgIpc) is 2.62. The van der Waals surface area contributed by atoms with Gasteiger partial charge in [0.15, 0.2) is 0 Å². The van der Waals surface area contributed by atoms with Crippen LogP contribution in [0, 0.1) is 6.92 Å². The fourth-order valence-electron chi connectivity index (χ4n) is 2.55. The first kappa shape index (κ1) is 15.1. The van der Waals surface area contributed by atoms with Crippen molar-refractivity contribution in [3.8, 4) is 5.75 Å². The molecule has 114 valence electrons. The number of aryl methyl sites for hydroxylation is 1. The second-order valence-corrected chi connectivity index (χ2v) is 5.56. The molecule has 23 heavy (non-hydrogen) atoms. The number of rotatable bonds is 4. The van der Waals surface area contributed by atoms with E-state index in [1.54, 1.807) is 7.11 Å². The molecule has 0 spiro atoms. The van der Waals surface area contributed by atoms with E-state index >= 15 is 0 Å². The Morgan fingerprint density at radius 2 is 1.35 bits per heavy atom. The van der Waals surface area contributed by atoms with Crippen LogP contribution in [0.25, 0.3) is 11.6 Å². The molecule has 0 saturated carbocycles. The topological polar surface area (TPSA) is 9.23 Å². The second kappa shape index (κ2) is 6.97. The largest absolute Gasteiger partial charge is 0.497 e. The summed E-state index contributed by atoms with van der Waals surface area (Å²) in [5.41, 5.74) is 6.08. The maximum absolute atomic E-state index is 5.24. The quantitative estimate of drug-likeness (QED) is 0.570. The summed E-state index contributed by atoms with van der Waals surface area (Å²) in [5, 5.41) is 0. The third-order valence-corrected chi connectivity index (χ3v) is 3.87. The molecule has 3 aromatic rings. The molecule has 0 unspecified atom stereocenters. The zero-order valence-electron chi connectivity index (χ0n) is 13.5. The van der Waals surface area contributed by atoms with Crippen LogP contribution in [0.1, 0.15) is 22.3 Å². The van der Waals surface area contributed by atoms with Crippen molar-refractivity contribution in [1.29, 1.82) is 0 Å². The molecule has 0 aliphatic heterocycles. The monoisotopic (exact) mass is 300 g/mol. The Bertz CT molecular complexity index is 782. The molecule has 0 aliphatic carbocycles. The van der Waals surface area contributed by atoms with Crippen LogP contribution in [0.5, 0.6) is 5.75 Å². The van der Waals surface area contributed by atoms with Crippen molar-refractivity contribution in [2.24, 2.45) is 0 Å². The highest BCUT2D eigenvalue weighted by Gasteiger charge is 2.05. The van der Waals surface area contributed by atoms with Crippen molar-refractivity contribution in [3.05, 3.63) is 101 Å². The van der Waals surface area contributed by atoms with Crippen LogP contribution in [-0.2, 0) is 0 Å². The molecule has 0 radical (unpaired) electrons. The van der Waals surface area contributed by atoms with Gasteiger partial charge in [0.25, 0.3) is 0 Å². The Morgan fingerprint density at radius 1 is 0.739 bits per heavy atom.